The molecule has 2 heterocycles. The number of nitrogens with one attached hydrogen (secondary N) is 1. The van der Waals surface area contributed by atoms with Crippen molar-refractivity contribution in [2.24, 2.45) is 0 Å². The molecule has 0 aliphatic carbocycles. The highest BCUT2D eigenvalue weighted by Crippen LogP contribution is 2.29. The molecule has 8 heteroatoms. The average Bonchev–Trinajstić information content (AvgIpc) is 3.21. The van der Waals surface area contributed by atoms with Gasteiger partial charge in [-0.15, -0.1) is 11.8 Å². The number of halogens is 1. The van der Waals surface area contributed by atoms with Gasteiger partial charge in [0.05, 0.1) is 22.0 Å². The normalized spacial score (nSPS) is 12.6. The highest BCUT2D eigenvalue weighted by molar-refractivity contribution is 8.00. The van der Waals surface area contributed by atoms with Crippen LogP contribution in [-0.4, -0.2) is 27.0 Å². The first-order valence-electron chi connectivity index (χ1n) is 9.10. The summed E-state index contributed by atoms with van der Waals surface area (Å²) >= 11 is 2.69. The number of hydrogen-bond acceptors (Lipinski definition) is 5. The molecule has 148 valence electrons. The highest BCUT2D eigenvalue weighted by atomic mass is 32.2. The summed E-state index contributed by atoms with van der Waals surface area (Å²) < 4.78 is 14.8. The average molecular weight is 428 g/mol. The molecule has 1 aromatic heterocycles. The first-order chi connectivity index (χ1) is 14.1. The van der Waals surface area contributed by atoms with E-state index in [4.69, 9.17) is 0 Å². The Morgan fingerprint density at radius 3 is 2.69 bits per heavy atom. The lowest BCUT2D eigenvalue weighted by atomic mass is 10.2. The smallest absolute Gasteiger partial charge is 0.272 e. The maximum absolute atomic E-state index is 13.3. The molecule has 3 aromatic rings. The van der Waals surface area contributed by atoms with Crippen molar-refractivity contribution in [3.05, 3.63) is 82.0 Å². The summed E-state index contributed by atoms with van der Waals surface area (Å²) in [6.07, 6.45) is 0.729. The van der Waals surface area contributed by atoms with Crippen molar-refractivity contribution < 1.29 is 9.18 Å². The zero-order chi connectivity index (χ0) is 20.2. The number of carbonyl (C=O) groups excluding carboxylic acids is 1. The Bertz CT molecular complexity index is 1090. The fourth-order valence-corrected chi connectivity index (χ4v) is 4.87. The van der Waals surface area contributed by atoms with Crippen LogP contribution in [-0.2, 0) is 17.8 Å². The number of fused-ring (bicyclic) bond motifs is 1. The molecule has 0 fully saturated rings. The monoisotopic (exact) mass is 427 g/mol. The molecule has 4 rings (SSSR count). The number of rotatable bonds is 6. The Kier molecular flexibility index (Phi) is 6.01. The molecule has 1 aliphatic heterocycles. The van der Waals surface area contributed by atoms with Crippen molar-refractivity contribution in [1.29, 1.82) is 0 Å². The predicted molar refractivity (Wildman–Crippen MR) is 113 cm³/mol. The summed E-state index contributed by atoms with van der Waals surface area (Å²) in [4.78, 5) is 30.6. The van der Waals surface area contributed by atoms with E-state index in [9.17, 15) is 14.0 Å². The summed E-state index contributed by atoms with van der Waals surface area (Å²) in [6, 6.07) is 15.4. The van der Waals surface area contributed by atoms with Gasteiger partial charge < -0.3 is 5.32 Å². The van der Waals surface area contributed by atoms with Crippen molar-refractivity contribution in [3.63, 3.8) is 0 Å². The summed E-state index contributed by atoms with van der Waals surface area (Å²) in [7, 11) is 0. The first-order valence-corrected chi connectivity index (χ1v) is 11.1. The summed E-state index contributed by atoms with van der Waals surface area (Å²) in [5.74, 6) is 0.424. The second kappa shape index (κ2) is 8.84. The van der Waals surface area contributed by atoms with Gasteiger partial charge in [0.15, 0.2) is 5.16 Å². The van der Waals surface area contributed by atoms with E-state index in [2.05, 4.69) is 10.3 Å². The molecule has 1 aliphatic rings. The van der Waals surface area contributed by atoms with Crippen molar-refractivity contribution >= 4 is 29.4 Å². The molecular weight excluding hydrogens is 409 g/mol. The highest BCUT2D eigenvalue weighted by Gasteiger charge is 2.23. The van der Waals surface area contributed by atoms with Gasteiger partial charge in [0.1, 0.15) is 5.82 Å². The standard InChI is InChI=1S/C21H18FN3O2S2/c22-15-6-8-16(9-7-15)25-20(27)19-17(10-11-28-19)24-21(25)29-13-18(26)23-12-14-4-2-1-3-5-14/h1-9H,10-13H2,(H,23,26). The number of aryl methyl sites for hydroxylation is 1. The lowest BCUT2D eigenvalue weighted by molar-refractivity contribution is -0.118. The molecule has 0 saturated heterocycles. The van der Waals surface area contributed by atoms with E-state index in [-0.39, 0.29) is 23.0 Å². The third-order valence-electron chi connectivity index (χ3n) is 4.42. The Labute approximate surface area is 175 Å². The van der Waals surface area contributed by atoms with E-state index >= 15 is 0 Å². The van der Waals surface area contributed by atoms with Gasteiger partial charge in [-0.3, -0.25) is 14.2 Å². The zero-order valence-corrected chi connectivity index (χ0v) is 17.1. The van der Waals surface area contributed by atoms with Crippen LogP contribution >= 0.6 is 23.5 Å². The van der Waals surface area contributed by atoms with Crippen LogP contribution < -0.4 is 10.9 Å². The number of carbonyl (C=O) groups is 1. The molecule has 0 radical (unpaired) electrons. The van der Waals surface area contributed by atoms with Gasteiger partial charge in [0.2, 0.25) is 5.91 Å². The molecule has 29 heavy (non-hydrogen) atoms. The van der Waals surface area contributed by atoms with E-state index in [0.717, 1.165) is 23.4 Å². The molecule has 0 bridgehead atoms. The minimum Gasteiger partial charge on any atom is -0.351 e. The molecule has 5 nitrogen and oxygen atoms in total. The van der Waals surface area contributed by atoms with Gasteiger partial charge in [-0.2, -0.15) is 0 Å². The van der Waals surface area contributed by atoms with Crippen molar-refractivity contribution in [2.75, 3.05) is 11.5 Å². The summed E-state index contributed by atoms with van der Waals surface area (Å²) in [5.41, 5.74) is 2.15. The fourth-order valence-electron chi connectivity index (χ4n) is 2.98. The minimum atomic E-state index is -0.375. The van der Waals surface area contributed by atoms with Crippen LogP contribution in [0.15, 0.2) is 69.4 Å². The van der Waals surface area contributed by atoms with Crippen LogP contribution in [0.3, 0.4) is 0 Å². The van der Waals surface area contributed by atoms with Crippen LogP contribution in [0.25, 0.3) is 5.69 Å². The molecule has 0 spiro atoms. The molecule has 1 amide bonds. The Morgan fingerprint density at radius 1 is 1.17 bits per heavy atom. The van der Waals surface area contributed by atoms with E-state index in [1.807, 2.05) is 30.3 Å². The topological polar surface area (TPSA) is 64.0 Å². The van der Waals surface area contributed by atoms with Crippen LogP contribution in [0.2, 0.25) is 0 Å². The van der Waals surface area contributed by atoms with Gasteiger partial charge in [0.25, 0.3) is 5.56 Å². The number of hydrogen-bond donors (Lipinski definition) is 1. The molecule has 1 N–H and O–H groups in total. The number of thioether (sulfide) groups is 2. The third-order valence-corrected chi connectivity index (χ3v) is 6.46. The largest absolute Gasteiger partial charge is 0.351 e. The maximum Gasteiger partial charge on any atom is 0.272 e. The number of amides is 1. The molecule has 0 atom stereocenters. The van der Waals surface area contributed by atoms with Gasteiger partial charge in [-0.05, 0) is 29.8 Å². The van der Waals surface area contributed by atoms with Crippen LogP contribution in [0, 0.1) is 5.82 Å². The second-order valence-corrected chi connectivity index (χ2v) is 8.48. The van der Waals surface area contributed by atoms with Gasteiger partial charge in [0, 0.05) is 18.7 Å². The number of nitrogens with zero attached hydrogens (tertiary/aromatic N) is 2. The van der Waals surface area contributed by atoms with Crippen molar-refractivity contribution in [3.8, 4) is 5.69 Å². The summed E-state index contributed by atoms with van der Waals surface area (Å²) in [5, 5.41) is 3.32. The lowest BCUT2D eigenvalue weighted by Gasteiger charge is -2.13. The Morgan fingerprint density at radius 2 is 1.93 bits per heavy atom. The van der Waals surface area contributed by atoms with Crippen LogP contribution in [0.4, 0.5) is 4.39 Å². The van der Waals surface area contributed by atoms with Crippen LogP contribution in [0.5, 0.6) is 0 Å². The van der Waals surface area contributed by atoms with Gasteiger partial charge >= 0.3 is 0 Å². The van der Waals surface area contributed by atoms with Crippen molar-refractivity contribution in [1.82, 2.24) is 14.9 Å². The third kappa shape index (κ3) is 4.54. The molecule has 0 saturated carbocycles. The molecule has 2 aromatic carbocycles. The SMILES string of the molecule is O=C(CSc1nc2c(c(=O)n1-c1ccc(F)cc1)SCC2)NCc1ccccc1. The zero-order valence-electron chi connectivity index (χ0n) is 15.4. The van der Waals surface area contributed by atoms with Gasteiger partial charge in [-0.25, -0.2) is 9.37 Å². The first kappa shape index (κ1) is 19.7. The number of benzene rings is 2. The van der Waals surface area contributed by atoms with E-state index in [1.165, 1.54) is 40.2 Å². The van der Waals surface area contributed by atoms with E-state index < -0.39 is 0 Å². The van der Waals surface area contributed by atoms with E-state index in [1.54, 1.807) is 12.1 Å². The Balaban J connectivity index is 1.55. The maximum atomic E-state index is 13.3. The predicted octanol–water partition coefficient (Wildman–Crippen LogP) is 3.43. The molecule has 0 unspecified atom stereocenters. The Hall–Kier alpha value is -2.58. The van der Waals surface area contributed by atoms with E-state index in [0.29, 0.717) is 22.3 Å². The van der Waals surface area contributed by atoms with Crippen LogP contribution in [0.1, 0.15) is 11.3 Å². The fraction of sp³-hybridized carbons (Fsp3) is 0.190. The lowest BCUT2D eigenvalue weighted by Crippen LogP contribution is -2.27. The molecular formula is C21H18FN3O2S2. The minimum absolute atomic E-state index is 0.131. The number of aromatic nitrogens is 2. The van der Waals surface area contributed by atoms with Crippen molar-refractivity contribution in [2.45, 2.75) is 23.0 Å². The van der Waals surface area contributed by atoms with Gasteiger partial charge in [-0.1, -0.05) is 42.1 Å². The quantitative estimate of drug-likeness (QED) is 0.482. The second-order valence-electron chi connectivity index (χ2n) is 6.44. The summed E-state index contributed by atoms with van der Waals surface area (Å²) in [6.45, 7) is 0.444.